The Labute approximate surface area is 143 Å². The SMILES string of the molecule is CC(Br)c1ccc(-c2nnc(-c3nc(Br)cnc3N)o2)cc1. The Morgan fingerprint density at radius 1 is 1.14 bits per heavy atom. The zero-order valence-electron chi connectivity index (χ0n) is 11.5. The van der Waals surface area contributed by atoms with Crippen LogP contribution in [0.15, 0.2) is 39.5 Å². The van der Waals surface area contributed by atoms with Gasteiger partial charge in [0, 0.05) is 10.4 Å². The van der Waals surface area contributed by atoms with Crippen molar-refractivity contribution in [2.45, 2.75) is 11.8 Å². The molecule has 3 aromatic rings. The normalized spacial score (nSPS) is 12.3. The lowest BCUT2D eigenvalue weighted by atomic mass is 10.1. The summed E-state index contributed by atoms with van der Waals surface area (Å²) in [6, 6.07) is 7.87. The van der Waals surface area contributed by atoms with E-state index in [2.05, 4.69) is 58.9 Å². The number of hydrogen-bond acceptors (Lipinski definition) is 6. The number of rotatable bonds is 3. The second kappa shape index (κ2) is 6.13. The van der Waals surface area contributed by atoms with Gasteiger partial charge in [0.15, 0.2) is 11.5 Å². The van der Waals surface area contributed by atoms with Crippen molar-refractivity contribution >= 4 is 37.7 Å². The highest BCUT2D eigenvalue weighted by Gasteiger charge is 2.16. The minimum absolute atomic E-state index is 0.235. The first-order valence-corrected chi connectivity index (χ1v) is 8.12. The van der Waals surface area contributed by atoms with Crippen LogP contribution >= 0.6 is 31.9 Å². The number of nitrogen functional groups attached to an aromatic ring is 1. The molecule has 0 saturated heterocycles. The van der Waals surface area contributed by atoms with Crippen molar-refractivity contribution in [3.05, 3.63) is 40.6 Å². The van der Waals surface area contributed by atoms with Crippen molar-refractivity contribution in [3.63, 3.8) is 0 Å². The van der Waals surface area contributed by atoms with Crippen LogP contribution in [0, 0.1) is 0 Å². The van der Waals surface area contributed by atoms with Crippen LogP contribution in [0.5, 0.6) is 0 Å². The first-order chi connectivity index (χ1) is 10.5. The van der Waals surface area contributed by atoms with Gasteiger partial charge in [-0.3, -0.25) is 0 Å². The number of nitrogens with two attached hydrogens (primary N) is 1. The molecule has 0 radical (unpaired) electrons. The summed E-state index contributed by atoms with van der Waals surface area (Å²) in [5, 5.41) is 8.03. The molecule has 22 heavy (non-hydrogen) atoms. The molecule has 0 fully saturated rings. The van der Waals surface area contributed by atoms with E-state index < -0.39 is 0 Å². The summed E-state index contributed by atoms with van der Waals surface area (Å²) in [5.41, 5.74) is 8.16. The van der Waals surface area contributed by atoms with E-state index in [1.807, 2.05) is 24.3 Å². The molecular formula is C14H11Br2N5O. The summed E-state index contributed by atoms with van der Waals surface area (Å²) < 4.78 is 6.20. The van der Waals surface area contributed by atoms with Gasteiger partial charge in [-0.2, -0.15) is 0 Å². The Bertz CT molecular complexity index is 801. The standard InChI is InChI=1S/C14H11Br2N5O/c1-7(15)8-2-4-9(5-3-8)13-20-21-14(22-13)11-12(17)18-6-10(16)19-11/h2-7H,1H3,(H2,17,18). The number of halogens is 2. The molecule has 1 atom stereocenters. The van der Waals surface area contributed by atoms with Gasteiger partial charge in [0.05, 0.1) is 6.20 Å². The van der Waals surface area contributed by atoms with Crippen molar-refractivity contribution in [3.8, 4) is 23.0 Å². The van der Waals surface area contributed by atoms with Gasteiger partial charge in [-0.1, -0.05) is 28.1 Å². The first kappa shape index (κ1) is 15.1. The smallest absolute Gasteiger partial charge is 0.270 e. The fourth-order valence-electron chi connectivity index (χ4n) is 1.86. The Balaban J connectivity index is 1.95. The van der Waals surface area contributed by atoms with Crippen LogP contribution in [0.3, 0.4) is 0 Å². The Hall–Kier alpha value is -1.80. The molecule has 0 aliphatic carbocycles. The zero-order chi connectivity index (χ0) is 15.7. The third-order valence-electron chi connectivity index (χ3n) is 3.02. The number of alkyl halides is 1. The Morgan fingerprint density at radius 2 is 1.82 bits per heavy atom. The molecule has 2 N–H and O–H groups in total. The molecule has 0 saturated carbocycles. The molecule has 2 aromatic heterocycles. The van der Waals surface area contributed by atoms with E-state index in [4.69, 9.17) is 10.2 Å². The predicted octanol–water partition coefficient (Wildman–Crippen LogP) is 3.99. The first-order valence-electron chi connectivity index (χ1n) is 6.41. The molecule has 112 valence electrons. The van der Waals surface area contributed by atoms with Crippen LogP contribution in [0.25, 0.3) is 23.0 Å². The van der Waals surface area contributed by atoms with Crippen molar-refractivity contribution in [1.82, 2.24) is 20.2 Å². The van der Waals surface area contributed by atoms with E-state index in [-0.39, 0.29) is 16.5 Å². The fraction of sp³-hybridized carbons (Fsp3) is 0.143. The number of hydrogen-bond donors (Lipinski definition) is 1. The molecule has 6 nitrogen and oxygen atoms in total. The summed E-state index contributed by atoms with van der Waals surface area (Å²) in [4.78, 5) is 8.51. The van der Waals surface area contributed by atoms with E-state index in [9.17, 15) is 0 Å². The molecule has 1 unspecified atom stereocenters. The molecule has 0 aliphatic rings. The quantitative estimate of drug-likeness (QED) is 0.639. The number of aromatic nitrogens is 4. The maximum atomic E-state index is 5.80. The molecule has 0 spiro atoms. The minimum atomic E-state index is 0.235. The van der Waals surface area contributed by atoms with Crippen molar-refractivity contribution < 1.29 is 4.42 Å². The minimum Gasteiger partial charge on any atom is -0.414 e. The van der Waals surface area contributed by atoms with Gasteiger partial charge in [-0.15, -0.1) is 10.2 Å². The molecular weight excluding hydrogens is 414 g/mol. The van der Waals surface area contributed by atoms with Gasteiger partial charge in [0.2, 0.25) is 5.89 Å². The van der Waals surface area contributed by atoms with Gasteiger partial charge in [-0.05, 0) is 40.5 Å². The van der Waals surface area contributed by atoms with Crippen molar-refractivity contribution in [1.29, 1.82) is 0 Å². The average molecular weight is 425 g/mol. The summed E-state index contributed by atoms with van der Waals surface area (Å²) in [7, 11) is 0. The molecule has 1 aromatic carbocycles. The molecule has 3 rings (SSSR count). The lowest BCUT2D eigenvalue weighted by Gasteiger charge is -2.03. The zero-order valence-corrected chi connectivity index (χ0v) is 14.7. The van der Waals surface area contributed by atoms with Crippen LogP contribution in [0.2, 0.25) is 0 Å². The third kappa shape index (κ3) is 3.02. The highest BCUT2D eigenvalue weighted by Crippen LogP contribution is 2.28. The molecule has 8 heteroatoms. The van der Waals surface area contributed by atoms with Crippen molar-refractivity contribution in [2.75, 3.05) is 5.73 Å². The van der Waals surface area contributed by atoms with Crippen LogP contribution in [0.4, 0.5) is 5.82 Å². The largest absolute Gasteiger partial charge is 0.414 e. The van der Waals surface area contributed by atoms with Gasteiger partial charge in [0.1, 0.15) is 4.60 Å². The lowest BCUT2D eigenvalue weighted by Crippen LogP contribution is -1.97. The number of nitrogens with zero attached hydrogens (tertiary/aromatic N) is 4. The Morgan fingerprint density at radius 3 is 2.50 bits per heavy atom. The molecule has 0 bridgehead atoms. The molecule has 0 amide bonds. The third-order valence-corrected chi connectivity index (χ3v) is 3.93. The summed E-state index contributed by atoms with van der Waals surface area (Å²) in [6.45, 7) is 2.06. The van der Waals surface area contributed by atoms with Crippen molar-refractivity contribution in [2.24, 2.45) is 0 Å². The second-order valence-corrected chi connectivity index (χ2v) is 6.76. The summed E-state index contributed by atoms with van der Waals surface area (Å²) in [5.74, 6) is 0.881. The average Bonchev–Trinajstić information content (AvgIpc) is 2.99. The summed E-state index contributed by atoms with van der Waals surface area (Å²) >= 11 is 6.77. The topological polar surface area (TPSA) is 90.7 Å². The number of anilines is 1. The van der Waals surface area contributed by atoms with E-state index in [0.29, 0.717) is 16.2 Å². The fourth-order valence-corrected chi connectivity index (χ4v) is 2.45. The van der Waals surface area contributed by atoms with Gasteiger partial charge in [0.25, 0.3) is 5.89 Å². The van der Waals surface area contributed by atoms with Crippen LogP contribution < -0.4 is 5.73 Å². The summed E-state index contributed by atoms with van der Waals surface area (Å²) in [6.07, 6.45) is 1.51. The predicted molar refractivity (Wildman–Crippen MR) is 90.2 cm³/mol. The van der Waals surface area contributed by atoms with Gasteiger partial charge in [-0.25, -0.2) is 9.97 Å². The van der Waals surface area contributed by atoms with Gasteiger partial charge < -0.3 is 10.2 Å². The maximum absolute atomic E-state index is 5.80. The molecule has 0 aliphatic heterocycles. The lowest BCUT2D eigenvalue weighted by molar-refractivity contribution is 0.582. The van der Waals surface area contributed by atoms with Crippen LogP contribution in [0.1, 0.15) is 17.3 Å². The van der Waals surface area contributed by atoms with E-state index in [1.165, 1.54) is 11.8 Å². The second-order valence-electron chi connectivity index (χ2n) is 4.58. The van der Waals surface area contributed by atoms with Gasteiger partial charge >= 0.3 is 0 Å². The molecule has 2 heterocycles. The number of benzene rings is 1. The Kier molecular flexibility index (Phi) is 4.21. The monoisotopic (exact) mass is 423 g/mol. The van der Waals surface area contributed by atoms with Crippen LogP contribution in [-0.2, 0) is 0 Å². The van der Waals surface area contributed by atoms with E-state index >= 15 is 0 Å². The van der Waals surface area contributed by atoms with E-state index in [0.717, 1.165) is 5.56 Å². The highest BCUT2D eigenvalue weighted by atomic mass is 79.9. The maximum Gasteiger partial charge on any atom is 0.270 e. The van der Waals surface area contributed by atoms with Crippen LogP contribution in [-0.4, -0.2) is 20.2 Å². The van der Waals surface area contributed by atoms with E-state index in [1.54, 1.807) is 0 Å². The highest BCUT2D eigenvalue weighted by molar-refractivity contribution is 9.10.